The molecule has 1 rings (SSSR count). The van der Waals surface area contributed by atoms with Gasteiger partial charge in [0.1, 0.15) is 0 Å². The maximum atomic E-state index is 4.67. The van der Waals surface area contributed by atoms with Gasteiger partial charge in [-0.25, -0.2) is 0 Å². The van der Waals surface area contributed by atoms with Crippen LogP contribution in [0, 0.1) is 6.92 Å². The highest BCUT2D eigenvalue weighted by Crippen LogP contribution is 2.38. The Labute approximate surface area is 93.1 Å². The van der Waals surface area contributed by atoms with Gasteiger partial charge in [-0.1, -0.05) is 57.5 Å². The first-order valence-corrected chi connectivity index (χ1v) is 5.49. The van der Waals surface area contributed by atoms with E-state index in [1.165, 1.54) is 11.1 Å². The largest absolute Gasteiger partial charge is 0.172 e. The van der Waals surface area contributed by atoms with Crippen LogP contribution in [0.5, 0.6) is 0 Å². The standard InChI is InChI=1S/C13H20S/c1-10-6-8-11(9-7-10)12(2,3)13(4,5)14/h6-9,14H,1-5H3. The van der Waals surface area contributed by atoms with Gasteiger partial charge in [0.25, 0.3) is 0 Å². The highest BCUT2D eigenvalue weighted by atomic mass is 32.1. The molecule has 0 heterocycles. The number of aryl methyl sites for hydroxylation is 1. The molecule has 0 nitrogen and oxygen atoms in total. The maximum Gasteiger partial charge on any atom is 0.0164 e. The highest BCUT2D eigenvalue weighted by Gasteiger charge is 2.35. The van der Waals surface area contributed by atoms with E-state index in [1.54, 1.807) is 0 Å². The van der Waals surface area contributed by atoms with Crippen molar-refractivity contribution in [1.82, 2.24) is 0 Å². The third-order valence-corrected chi connectivity index (χ3v) is 3.86. The first-order valence-electron chi connectivity index (χ1n) is 5.04. The van der Waals surface area contributed by atoms with Gasteiger partial charge in [0.15, 0.2) is 0 Å². The summed E-state index contributed by atoms with van der Waals surface area (Å²) < 4.78 is -0.0116. The molecule has 0 aliphatic carbocycles. The van der Waals surface area contributed by atoms with Crippen molar-refractivity contribution in [3.05, 3.63) is 35.4 Å². The Morgan fingerprint density at radius 3 is 1.71 bits per heavy atom. The van der Waals surface area contributed by atoms with Crippen molar-refractivity contribution in [3.8, 4) is 0 Å². The molecular weight excluding hydrogens is 188 g/mol. The number of hydrogen-bond acceptors (Lipinski definition) is 1. The van der Waals surface area contributed by atoms with Gasteiger partial charge in [-0.3, -0.25) is 0 Å². The number of thiol groups is 1. The molecule has 0 saturated carbocycles. The van der Waals surface area contributed by atoms with E-state index in [9.17, 15) is 0 Å². The summed E-state index contributed by atoms with van der Waals surface area (Å²) in [7, 11) is 0. The van der Waals surface area contributed by atoms with Gasteiger partial charge >= 0.3 is 0 Å². The van der Waals surface area contributed by atoms with Gasteiger partial charge < -0.3 is 0 Å². The van der Waals surface area contributed by atoms with Gasteiger partial charge in [-0.05, 0) is 12.5 Å². The first-order chi connectivity index (χ1) is 6.25. The van der Waals surface area contributed by atoms with Crippen molar-refractivity contribution in [2.24, 2.45) is 0 Å². The minimum absolute atomic E-state index is 0.0116. The summed E-state index contributed by atoms with van der Waals surface area (Å²) in [6, 6.07) is 8.73. The fourth-order valence-electron chi connectivity index (χ4n) is 1.32. The van der Waals surface area contributed by atoms with Gasteiger partial charge in [0.2, 0.25) is 0 Å². The number of benzene rings is 1. The molecule has 1 aromatic carbocycles. The minimum atomic E-state index is -0.0116. The van der Waals surface area contributed by atoms with E-state index < -0.39 is 0 Å². The zero-order chi connectivity index (χ0) is 11.0. The second-order valence-corrected chi connectivity index (χ2v) is 6.17. The zero-order valence-corrected chi connectivity index (χ0v) is 10.7. The Bertz CT molecular complexity index is 301. The van der Waals surface area contributed by atoms with Crippen LogP contribution in [-0.2, 0) is 5.41 Å². The Morgan fingerprint density at radius 2 is 1.36 bits per heavy atom. The van der Waals surface area contributed by atoms with E-state index in [0.29, 0.717) is 0 Å². The van der Waals surface area contributed by atoms with Crippen molar-refractivity contribution in [3.63, 3.8) is 0 Å². The van der Waals surface area contributed by atoms with E-state index in [0.717, 1.165) is 0 Å². The van der Waals surface area contributed by atoms with Crippen molar-refractivity contribution in [2.45, 2.75) is 44.8 Å². The lowest BCUT2D eigenvalue weighted by Crippen LogP contribution is -2.37. The predicted molar refractivity (Wildman–Crippen MR) is 67.3 cm³/mol. The van der Waals surface area contributed by atoms with Crippen molar-refractivity contribution >= 4 is 12.6 Å². The molecule has 1 heteroatoms. The monoisotopic (exact) mass is 208 g/mol. The van der Waals surface area contributed by atoms with Crippen LogP contribution in [0.25, 0.3) is 0 Å². The molecule has 0 unspecified atom stereocenters. The van der Waals surface area contributed by atoms with Crippen molar-refractivity contribution in [1.29, 1.82) is 0 Å². The fraction of sp³-hybridized carbons (Fsp3) is 0.538. The van der Waals surface area contributed by atoms with E-state index in [2.05, 4.69) is 71.5 Å². The summed E-state index contributed by atoms with van der Waals surface area (Å²) in [5, 5.41) is 0. The van der Waals surface area contributed by atoms with E-state index in [4.69, 9.17) is 0 Å². The van der Waals surface area contributed by atoms with Gasteiger partial charge in [0.05, 0.1) is 0 Å². The van der Waals surface area contributed by atoms with Gasteiger partial charge in [-0.2, -0.15) is 12.6 Å². The Balaban J connectivity index is 3.10. The molecule has 0 aliphatic rings. The molecule has 0 atom stereocenters. The molecular formula is C13H20S. The lowest BCUT2D eigenvalue weighted by atomic mass is 9.74. The Hall–Kier alpha value is -0.430. The van der Waals surface area contributed by atoms with Gasteiger partial charge in [0, 0.05) is 10.2 Å². The summed E-state index contributed by atoms with van der Waals surface area (Å²) in [6.07, 6.45) is 0. The third kappa shape index (κ3) is 2.14. The molecule has 0 aliphatic heterocycles. The lowest BCUT2D eigenvalue weighted by Gasteiger charge is -2.38. The van der Waals surface area contributed by atoms with Crippen LogP contribution in [0.15, 0.2) is 24.3 Å². The van der Waals surface area contributed by atoms with Crippen molar-refractivity contribution < 1.29 is 0 Å². The number of hydrogen-bond donors (Lipinski definition) is 1. The summed E-state index contributed by atoms with van der Waals surface area (Å²) >= 11 is 4.67. The van der Waals surface area contributed by atoms with Crippen LogP contribution in [0.1, 0.15) is 38.8 Å². The van der Waals surface area contributed by atoms with Crippen LogP contribution in [0.2, 0.25) is 0 Å². The second-order valence-electron chi connectivity index (χ2n) is 5.05. The highest BCUT2D eigenvalue weighted by molar-refractivity contribution is 7.81. The van der Waals surface area contributed by atoms with E-state index in [-0.39, 0.29) is 10.2 Å². The molecule has 0 spiro atoms. The van der Waals surface area contributed by atoms with Crippen molar-refractivity contribution in [2.75, 3.05) is 0 Å². The molecule has 0 fully saturated rings. The van der Waals surface area contributed by atoms with Crippen LogP contribution in [0.3, 0.4) is 0 Å². The summed E-state index contributed by atoms with van der Waals surface area (Å²) in [4.78, 5) is 0. The Kier molecular flexibility index (Phi) is 3.01. The quantitative estimate of drug-likeness (QED) is 0.698. The van der Waals surface area contributed by atoms with E-state index >= 15 is 0 Å². The molecule has 0 amide bonds. The average Bonchev–Trinajstić information content (AvgIpc) is 2.03. The third-order valence-electron chi connectivity index (χ3n) is 3.30. The van der Waals surface area contributed by atoms with E-state index in [1.807, 2.05) is 0 Å². The Morgan fingerprint density at radius 1 is 0.929 bits per heavy atom. The molecule has 1 aromatic rings. The second kappa shape index (κ2) is 3.62. The molecule has 0 N–H and O–H groups in total. The SMILES string of the molecule is Cc1ccc(C(C)(C)C(C)(C)S)cc1. The van der Waals surface area contributed by atoms with Crippen LogP contribution in [0.4, 0.5) is 0 Å². The smallest absolute Gasteiger partial charge is 0.0164 e. The average molecular weight is 208 g/mol. The minimum Gasteiger partial charge on any atom is -0.172 e. The van der Waals surface area contributed by atoms with Crippen LogP contribution in [-0.4, -0.2) is 4.75 Å². The molecule has 0 bridgehead atoms. The maximum absolute atomic E-state index is 4.67. The predicted octanol–water partition coefficient (Wildman–Crippen LogP) is 3.98. The number of rotatable bonds is 2. The molecule has 0 aromatic heterocycles. The first kappa shape index (κ1) is 11.6. The summed E-state index contributed by atoms with van der Waals surface area (Å²) in [5.74, 6) is 0. The fourth-order valence-corrected chi connectivity index (χ4v) is 1.45. The van der Waals surface area contributed by atoms with Crippen LogP contribution >= 0.6 is 12.6 Å². The zero-order valence-electron chi connectivity index (χ0n) is 9.76. The normalized spacial score (nSPS) is 13.0. The summed E-state index contributed by atoms with van der Waals surface area (Å²) in [6.45, 7) is 10.9. The molecule has 14 heavy (non-hydrogen) atoms. The molecule has 78 valence electrons. The van der Waals surface area contributed by atoms with Gasteiger partial charge in [-0.15, -0.1) is 0 Å². The molecule has 0 saturated heterocycles. The van der Waals surface area contributed by atoms with Crippen LogP contribution < -0.4 is 0 Å². The lowest BCUT2D eigenvalue weighted by molar-refractivity contribution is 0.415. The topological polar surface area (TPSA) is 0 Å². The molecule has 0 radical (unpaired) electrons. The summed E-state index contributed by atoms with van der Waals surface area (Å²) in [5.41, 5.74) is 2.74.